The summed E-state index contributed by atoms with van der Waals surface area (Å²) in [4.78, 5) is 23.8. The van der Waals surface area contributed by atoms with E-state index in [0.29, 0.717) is 25.1 Å². The molecule has 0 spiro atoms. The van der Waals surface area contributed by atoms with Crippen LogP contribution in [-0.2, 0) is 21.3 Å². The molecule has 2 aromatic carbocycles. The van der Waals surface area contributed by atoms with E-state index in [2.05, 4.69) is 14.2 Å². The van der Waals surface area contributed by atoms with Crippen LogP contribution in [0.5, 0.6) is 5.88 Å². The molecule has 1 aliphatic rings. The topological polar surface area (TPSA) is 102 Å². The number of alkyl halides is 3. The molecule has 3 aromatic rings. The summed E-state index contributed by atoms with van der Waals surface area (Å²) in [6.45, 7) is 0.327. The van der Waals surface area contributed by atoms with E-state index in [0.717, 1.165) is 11.3 Å². The third kappa shape index (κ3) is 4.67. The summed E-state index contributed by atoms with van der Waals surface area (Å²) in [6, 6.07) is 9.57. The zero-order chi connectivity index (χ0) is 25.5. The quantitative estimate of drug-likeness (QED) is 0.288. The smallest absolute Gasteiger partial charge is 0.465 e. The standard InChI is InChI=1S/C22H21F3N4O5S/c1-28(2)15-7-9-18-13(11-15)5-4-10-29(18)19-20(34-35(31,32)22(23,24)25)27-16-8-6-14(21(30)33-3)12-17(16)26-19/h6-9,11-12H,4-5,10H2,1-3H3. The Morgan fingerprint density at radius 2 is 1.83 bits per heavy atom. The zero-order valence-electron chi connectivity index (χ0n) is 19.0. The Bertz CT molecular complexity index is 1410. The zero-order valence-corrected chi connectivity index (χ0v) is 19.8. The predicted octanol–water partition coefficient (Wildman–Crippen LogP) is 3.80. The number of halogens is 3. The van der Waals surface area contributed by atoms with Gasteiger partial charge in [0, 0.05) is 32.0 Å². The van der Waals surface area contributed by atoms with Crippen LogP contribution in [0.15, 0.2) is 36.4 Å². The van der Waals surface area contributed by atoms with Gasteiger partial charge in [0.05, 0.1) is 23.7 Å². The summed E-state index contributed by atoms with van der Waals surface area (Å²) in [5, 5.41) is 0. The SMILES string of the molecule is COC(=O)c1ccc2nc(OS(=O)(=O)C(F)(F)F)c(N3CCCc4cc(N(C)C)ccc43)nc2c1. The van der Waals surface area contributed by atoms with E-state index >= 15 is 0 Å². The second-order valence-electron chi connectivity index (χ2n) is 7.99. The molecule has 0 fully saturated rings. The molecule has 0 aliphatic carbocycles. The molecule has 35 heavy (non-hydrogen) atoms. The molecule has 186 valence electrons. The van der Waals surface area contributed by atoms with Crippen LogP contribution in [0.2, 0.25) is 0 Å². The molecule has 9 nitrogen and oxygen atoms in total. The van der Waals surface area contributed by atoms with Gasteiger partial charge in [0.15, 0.2) is 5.82 Å². The fourth-order valence-corrected chi connectivity index (χ4v) is 4.15. The molecule has 0 unspecified atom stereocenters. The summed E-state index contributed by atoms with van der Waals surface area (Å²) in [5.41, 5.74) is -2.87. The van der Waals surface area contributed by atoms with Crippen LogP contribution in [0.1, 0.15) is 22.3 Å². The molecule has 0 saturated carbocycles. The minimum atomic E-state index is -6.01. The minimum Gasteiger partial charge on any atom is -0.465 e. The van der Waals surface area contributed by atoms with Gasteiger partial charge in [0.25, 0.3) is 5.88 Å². The lowest BCUT2D eigenvalue weighted by atomic mass is 10.0. The summed E-state index contributed by atoms with van der Waals surface area (Å²) < 4.78 is 72.2. The summed E-state index contributed by atoms with van der Waals surface area (Å²) in [5.74, 6) is -1.68. The van der Waals surface area contributed by atoms with Crippen LogP contribution in [0.25, 0.3) is 11.0 Å². The number of aryl methyl sites for hydroxylation is 1. The van der Waals surface area contributed by atoms with Crippen molar-refractivity contribution in [3.8, 4) is 5.88 Å². The van der Waals surface area contributed by atoms with E-state index in [9.17, 15) is 26.4 Å². The van der Waals surface area contributed by atoms with Gasteiger partial charge in [0.1, 0.15) is 0 Å². The number of aromatic nitrogens is 2. The van der Waals surface area contributed by atoms with E-state index in [-0.39, 0.29) is 22.4 Å². The van der Waals surface area contributed by atoms with Gasteiger partial charge in [-0.15, -0.1) is 0 Å². The van der Waals surface area contributed by atoms with Gasteiger partial charge in [-0.1, -0.05) is 0 Å². The maximum Gasteiger partial charge on any atom is 0.534 e. The maximum absolute atomic E-state index is 13.1. The molecular formula is C22H21F3N4O5S. The van der Waals surface area contributed by atoms with Crippen molar-refractivity contribution in [3.05, 3.63) is 47.5 Å². The Kier molecular flexibility index (Phi) is 6.21. The Labute approximate surface area is 199 Å². The first-order valence-corrected chi connectivity index (χ1v) is 11.8. The van der Waals surface area contributed by atoms with Gasteiger partial charge in [-0.25, -0.2) is 14.8 Å². The van der Waals surface area contributed by atoms with Gasteiger partial charge < -0.3 is 18.7 Å². The average molecular weight is 510 g/mol. The molecule has 0 radical (unpaired) electrons. The minimum absolute atomic E-state index is 0.0361. The highest BCUT2D eigenvalue weighted by molar-refractivity contribution is 7.88. The van der Waals surface area contributed by atoms with Crippen molar-refractivity contribution in [2.45, 2.75) is 18.3 Å². The number of carbonyl (C=O) groups excluding carboxylic acids is 1. The third-order valence-electron chi connectivity index (χ3n) is 5.46. The third-order valence-corrected chi connectivity index (χ3v) is 6.41. The Balaban J connectivity index is 1.91. The molecule has 1 aromatic heterocycles. The first-order valence-electron chi connectivity index (χ1n) is 10.4. The van der Waals surface area contributed by atoms with Crippen LogP contribution in [-0.4, -0.2) is 57.6 Å². The van der Waals surface area contributed by atoms with Crippen LogP contribution < -0.4 is 14.0 Å². The highest BCUT2D eigenvalue weighted by Gasteiger charge is 2.49. The first kappa shape index (κ1) is 24.5. The number of carbonyl (C=O) groups is 1. The average Bonchev–Trinajstić information content (AvgIpc) is 2.81. The number of esters is 1. The Morgan fingerprint density at radius 1 is 1.09 bits per heavy atom. The van der Waals surface area contributed by atoms with Crippen molar-refractivity contribution in [2.24, 2.45) is 0 Å². The lowest BCUT2D eigenvalue weighted by Gasteiger charge is -2.32. The molecule has 0 saturated heterocycles. The monoisotopic (exact) mass is 510 g/mol. The van der Waals surface area contributed by atoms with E-state index < -0.39 is 27.5 Å². The molecule has 0 amide bonds. The van der Waals surface area contributed by atoms with E-state index in [1.165, 1.54) is 25.3 Å². The second kappa shape index (κ2) is 8.87. The van der Waals surface area contributed by atoms with Gasteiger partial charge >= 0.3 is 21.6 Å². The second-order valence-corrected chi connectivity index (χ2v) is 9.53. The Hall–Kier alpha value is -3.61. The number of methoxy groups -OCH3 is 1. The number of fused-ring (bicyclic) bond motifs is 2. The molecular weight excluding hydrogens is 489 g/mol. The molecule has 4 rings (SSSR count). The van der Waals surface area contributed by atoms with Crippen LogP contribution in [0.4, 0.5) is 30.4 Å². The van der Waals surface area contributed by atoms with Crippen molar-refractivity contribution >= 4 is 44.3 Å². The highest BCUT2D eigenvalue weighted by atomic mass is 32.2. The Morgan fingerprint density at radius 3 is 2.49 bits per heavy atom. The number of benzene rings is 2. The maximum atomic E-state index is 13.1. The lowest BCUT2D eigenvalue weighted by molar-refractivity contribution is -0.0501. The lowest BCUT2D eigenvalue weighted by Crippen LogP contribution is -2.31. The van der Waals surface area contributed by atoms with Gasteiger partial charge in [-0.05, 0) is 54.8 Å². The molecule has 0 bridgehead atoms. The van der Waals surface area contributed by atoms with Gasteiger partial charge in [-0.2, -0.15) is 21.6 Å². The van der Waals surface area contributed by atoms with Crippen LogP contribution in [0.3, 0.4) is 0 Å². The molecule has 0 atom stereocenters. The van der Waals surface area contributed by atoms with Crippen molar-refractivity contribution < 1.29 is 35.3 Å². The summed E-state index contributed by atoms with van der Waals surface area (Å²) >= 11 is 0. The van der Waals surface area contributed by atoms with Crippen LogP contribution in [0, 0.1) is 0 Å². The largest absolute Gasteiger partial charge is 0.534 e. The van der Waals surface area contributed by atoms with Crippen LogP contribution >= 0.6 is 0 Å². The molecule has 2 heterocycles. The fourth-order valence-electron chi connectivity index (χ4n) is 3.74. The predicted molar refractivity (Wildman–Crippen MR) is 123 cm³/mol. The fraction of sp³-hybridized carbons (Fsp3) is 0.318. The molecule has 1 aliphatic heterocycles. The number of ether oxygens (including phenoxy) is 1. The van der Waals surface area contributed by atoms with E-state index in [1.54, 1.807) is 11.0 Å². The van der Waals surface area contributed by atoms with E-state index in [1.807, 2.05) is 31.1 Å². The van der Waals surface area contributed by atoms with Crippen molar-refractivity contribution in [3.63, 3.8) is 0 Å². The van der Waals surface area contributed by atoms with Crippen molar-refractivity contribution in [1.82, 2.24) is 9.97 Å². The number of hydrogen-bond donors (Lipinski definition) is 0. The number of hydrogen-bond acceptors (Lipinski definition) is 9. The molecule has 0 N–H and O–H groups in total. The first-order chi connectivity index (χ1) is 16.4. The number of nitrogens with zero attached hydrogens (tertiary/aromatic N) is 4. The van der Waals surface area contributed by atoms with Crippen molar-refractivity contribution in [1.29, 1.82) is 0 Å². The molecule has 13 heteroatoms. The normalized spacial score (nSPS) is 13.9. The van der Waals surface area contributed by atoms with Gasteiger partial charge in [-0.3, -0.25) is 0 Å². The summed E-state index contributed by atoms with van der Waals surface area (Å²) in [7, 11) is -1.05. The number of rotatable bonds is 5. The summed E-state index contributed by atoms with van der Waals surface area (Å²) in [6.07, 6.45) is 1.33. The van der Waals surface area contributed by atoms with Gasteiger partial charge in [0.2, 0.25) is 0 Å². The highest BCUT2D eigenvalue weighted by Crippen LogP contribution is 2.40. The van der Waals surface area contributed by atoms with E-state index in [4.69, 9.17) is 4.74 Å². The van der Waals surface area contributed by atoms with Crippen molar-refractivity contribution in [2.75, 3.05) is 37.5 Å². The number of anilines is 3.